The number of aromatic amines is 1. The fourth-order valence-corrected chi connectivity index (χ4v) is 2.84. The van der Waals surface area contributed by atoms with Crippen molar-refractivity contribution in [3.05, 3.63) is 89.6 Å². The molecule has 5 heteroatoms. The number of hydrogen-bond acceptors (Lipinski definition) is 3. The van der Waals surface area contributed by atoms with Crippen LogP contribution in [-0.2, 0) is 0 Å². The zero-order valence-electron chi connectivity index (χ0n) is 14.4. The van der Waals surface area contributed by atoms with Gasteiger partial charge in [-0.25, -0.2) is 0 Å². The molecular weight excluding hydrogens is 338 g/mol. The minimum Gasteiger partial charge on any atom is -0.508 e. The SMILES string of the molecule is O=C(Nc1ccccc1/C=C/c1n[nH]c2ccccc12)c1ccc(O)cc1. The molecule has 27 heavy (non-hydrogen) atoms. The second kappa shape index (κ2) is 7.17. The van der Waals surface area contributed by atoms with Gasteiger partial charge in [0.15, 0.2) is 0 Å². The number of benzene rings is 3. The molecule has 0 aliphatic carbocycles. The lowest BCUT2D eigenvalue weighted by molar-refractivity contribution is 0.102. The van der Waals surface area contributed by atoms with E-state index in [4.69, 9.17) is 0 Å². The van der Waals surface area contributed by atoms with E-state index in [1.807, 2.05) is 60.7 Å². The summed E-state index contributed by atoms with van der Waals surface area (Å²) in [7, 11) is 0. The number of aromatic hydroxyl groups is 1. The van der Waals surface area contributed by atoms with Crippen LogP contribution in [0.4, 0.5) is 5.69 Å². The van der Waals surface area contributed by atoms with Gasteiger partial charge >= 0.3 is 0 Å². The second-order valence-electron chi connectivity index (χ2n) is 6.08. The Bertz CT molecular complexity index is 1130. The van der Waals surface area contributed by atoms with Crippen molar-refractivity contribution in [2.75, 3.05) is 5.32 Å². The molecule has 132 valence electrons. The topological polar surface area (TPSA) is 78.0 Å². The molecule has 0 radical (unpaired) electrons. The average molecular weight is 355 g/mol. The summed E-state index contributed by atoms with van der Waals surface area (Å²) in [6, 6.07) is 21.6. The van der Waals surface area contributed by atoms with Gasteiger partial charge in [0.25, 0.3) is 5.91 Å². The normalized spacial score (nSPS) is 11.1. The molecule has 0 bridgehead atoms. The molecule has 3 aromatic carbocycles. The van der Waals surface area contributed by atoms with E-state index in [-0.39, 0.29) is 11.7 Å². The summed E-state index contributed by atoms with van der Waals surface area (Å²) in [5.41, 5.74) is 3.87. The van der Waals surface area contributed by atoms with Crippen molar-refractivity contribution in [3.8, 4) is 5.75 Å². The van der Waals surface area contributed by atoms with Crippen molar-refractivity contribution in [1.29, 1.82) is 0 Å². The van der Waals surface area contributed by atoms with Crippen molar-refractivity contribution in [3.63, 3.8) is 0 Å². The number of phenols is 1. The van der Waals surface area contributed by atoms with E-state index < -0.39 is 0 Å². The average Bonchev–Trinajstić information content (AvgIpc) is 3.11. The van der Waals surface area contributed by atoms with Crippen LogP contribution in [-0.4, -0.2) is 21.2 Å². The molecule has 0 aliphatic heterocycles. The molecule has 0 fully saturated rings. The Kier molecular flexibility index (Phi) is 4.41. The second-order valence-corrected chi connectivity index (χ2v) is 6.08. The highest BCUT2D eigenvalue weighted by atomic mass is 16.3. The van der Waals surface area contributed by atoms with Crippen molar-refractivity contribution < 1.29 is 9.90 Å². The molecule has 4 rings (SSSR count). The Balaban J connectivity index is 1.59. The minimum atomic E-state index is -0.235. The lowest BCUT2D eigenvalue weighted by atomic mass is 10.1. The lowest BCUT2D eigenvalue weighted by Gasteiger charge is -2.08. The standard InChI is InChI=1S/C22H17N3O2/c26-17-12-9-16(10-13-17)22(27)23-19-7-3-1-5-15(19)11-14-21-18-6-2-4-8-20(18)24-25-21/h1-14,26H,(H,23,27)(H,24,25)/b14-11+. The maximum absolute atomic E-state index is 12.5. The van der Waals surface area contributed by atoms with E-state index in [0.717, 1.165) is 22.2 Å². The summed E-state index contributed by atoms with van der Waals surface area (Å²) in [5, 5.41) is 20.7. The van der Waals surface area contributed by atoms with Gasteiger partial charge in [0.1, 0.15) is 5.75 Å². The van der Waals surface area contributed by atoms with Crippen molar-refractivity contribution in [2.45, 2.75) is 0 Å². The van der Waals surface area contributed by atoms with E-state index in [9.17, 15) is 9.90 Å². The summed E-state index contributed by atoms with van der Waals surface area (Å²) in [5.74, 6) is -0.109. The third-order valence-electron chi connectivity index (χ3n) is 4.26. The van der Waals surface area contributed by atoms with Crippen LogP contribution in [0.25, 0.3) is 23.1 Å². The van der Waals surface area contributed by atoms with Gasteiger partial charge in [-0.05, 0) is 48.0 Å². The number of hydrogen-bond donors (Lipinski definition) is 3. The Labute approximate surface area is 156 Å². The van der Waals surface area contributed by atoms with Crippen LogP contribution in [0, 0.1) is 0 Å². The highest BCUT2D eigenvalue weighted by Crippen LogP contribution is 2.22. The smallest absolute Gasteiger partial charge is 0.255 e. The first-order valence-electron chi connectivity index (χ1n) is 8.51. The number of nitrogens with one attached hydrogen (secondary N) is 2. The van der Waals surface area contributed by atoms with E-state index in [2.05, 4.69) is 15.5 Å². The van der Waals surface area contributed by atoms with Crippen molar-refractivity contribution >= 4 is 34.6 Å². The zero-order valence-corrected chi connectivity index (χ0v) is 14.4. The molecule has 0 spiro atoms. The van der Waals surface area contributed by atoms with Gasteiger partial charge in [-0.3, -0.25) is 9.89 Å². The van der Waals surface area contributed by atoms with Crippen LogP contribution in [0.3, 0.4) is 0 Å². The number of rotatable bonds is 4. The van der Waals surface area contributed by atoms with Crippen LogP contribution in [0.1, 0.15) is 21.6 Å². The fraction of sp³-hybridized carbons (Fsp3) is 0. The maximum Gasteiger partial charge on any atom is 0.255 e. The first-order chi connectivity index (χ1) is 13.2. The fourth-order valence-electron chi connectivity index (χ4n) is 2.84. The number of fused-ring (bicyclic) bond motifs is 1. The molecule has 3 N–H and O–H groups in total. The largest absolute Gasteiger partial charge is 0.508 e. The molecule has 0 saturated heterocycles. The number of nitrogens with zero attached hydrogens (tertiary/aromatic N) is 1. The maximum atomic E-state index is 12.5. The van der Waals surface area contributed by atoms with E-state index >= 15 is 0 Å². The molecule has 1 heterocycles. The Morgan fingerprint density at radius 1 is 0.926 bits per heavy atom. The van der Waals surface area contributed by atoms with Gasteiger partial charge < -0.3 is 10.4 Å². The zero-order chi connectivity index (χ0) is 18.6. The Morgan fingerprint density at radius 3 is 2.52 bits per heavy atom. The molecule has 0 unspecified atom stereocenters. The molecule has 0 aliphatic rings. The van der Waals surface area contributed by atoms with Gasteiger partial charge in [0, 0.05) is 16.6 Å². The number of H-pyrrole nitrogens is 1. The van der Waals surface area contributed by atoms with Crippen LogP contribution in [0.15, 0.2) is 72.8 Å². The molecule has 5 nitrogen and oxygen atoms in total. The van der Waals surface area contributed by atoms with Gasteiger partial charge in [0.05, 0.1) is 11.2 Å². The van der Waals surface area contributed by atoms with Gasteiger partial charge in [-0.15, -0.1) is 0 Å². The monoisotopic (exact) mass is 355 g/mol. The third kappa shape index (κ3) is 3.57. The third-order valence-corrected chi connectivity index (χ3v) is 4.26. The summed E-state index contributed by atoms with van der Waals surface area (Å²) < 4.78 is 0. The quantitative estimate of drug-likeness (QED) is 0.497. The van der Waals surface area contributed by atoms with Crippen LogP contribution in [0.5, 0.6) is 5.75 Å². The van der Waals surface area contributed by atoms with E-state index in [1.54, 1.807) is 12.1 Å². The first-order valence-corrected chi connectivity index (χ1v) is 8.51. The van der Waals surface area contributed by atoms with Gasteiger partial charge in [-0.2, -0.15) is 5.10 Å². The molecule has 4 aromatic rings. The Morgan fingerprint density at radius 2 is 1.67 bits per heavy atom. The number of phenolic OH excluding ortho intramolecular Hbond substituents is 1. The van der Waals surface area contributed by atoms with Gasteiger partial charge in [-0.1, -0.05) is 42.5 Å². The molecule has 0 atom stereocenters. The summed E-state index contributed by atoms with van der Waals surface area (Å²) in [6.45, 7) is 0. The molecule has 1 aromatic heterocycles. The number of anilines is 1. The summed E-state index contributed by atoms with van der Waals surface area (Å²) >= 11 is 0. The van der Waals surface area contributed by atoms with E-state index in [1.165, 1.54) is 12.1 Å². The summed E-state index contributed by atoms with van der Waals surface area (Å²) in [6.07, 6.45) is 3.85. The molecular formula is C22H17N3O2. The van der Waals surface area contributed by atoms with Crippen LogP contribution >= 0.6 is 0 Å². The van der Waals surface area contributed by atoms with Crippen molar-refractivity contribution in [1.82, 2.24) is 10.2 Å². The first kappa shape index (κ1) is 16.6. The predicted molar refractivity (Wildman–Crippen MR) is 108 cm³/mol. The molecule has 0 saturated carbocycles. The number of carbonyl (C=O) groups is 1. The van der Waals surface area contributed by atoms with Crippen molar-refractivity contribution in [2.24, 2.45) is 0 Å². The highest BCUT2D eigenvalue weighted by Gasteiger charge is 2.08. The lowest BCUT2D eigenvalue weighted by Crippen LogP contribution is -2.12. The number of carbonyl (C=O) groups excluding carboxylic acids is 1. The number of amides is 1. The van der Waals surface area contributed by atoms with E-state index in [0.29, 0.717) is 11.3 Å². The van der Waals surface area contributed by atoms with Gasteiger partial charge in [0.2, 0.25) is 0 Å². The highest BCUT2D eigenvalue weighted by molar-refractivity contribution is 6.05. The molecule has 1 amide bonds. The number of aromatic nitrogens is 2. The number of para-hydroxylation sites is 2. The summed E-state index contributed by atoms with van der Waals surface area (Å²) in [4.78, 5) is 12.5. The van der Waals surface area contributed by atoms with Crippen LogP contribution < -0.4 is 5.32 Å². The predicted octanol–water partition coefficient (Wildman–Crippen LogP) is 4.69. The van der Waals surface area contributed by atoms with Crippen LogP contribution in [0.2, 0.25) is 0 Å². The Hall–Kier alpha value is -3.86. The minimum absolute atomic E-state index is 0.126.